The summed E-state index contributed by atoms with van der Waals surface area (Å²) in [5, 5.41) is 2.96. The van der Waals surface area contributed by atoms with Gasteiger partial charge >= 0.3 is 0 Å². The fourth-order valence-corrected chi connectivity index (χ4v) is 2.55. The van der Waals surface area contributed by atoms with Crippen molar-refractivity contribution in [2.45, 2.75) is 51.7 Å². The minimum absolute atomic E-state index is 0.0158. The lowest BCUT2D eigenvalue weighted by atomic mass is 9.92. The molecule has 0 spiro atoms. The zero-order valence-electron chi connectivity index (χ0n) is 10.2. The van der Waals surface area contributed by atoms with Crippen molar-refractivity contribution in [3.05, 3.63) is 0 Å². The summed E-state index contributed by atoms with van der Waals surface area (Å²) >= 11 is 0. The standard InChI is InChI=1S/C11H23N3O/c1-8(2)14-9(5-6-12)10(15)13-7-11(14,3)4/h8-9H,5-7,12H2,1-4H3,(H,13,15). The van der Waals surface area contributed by atoms with Crippen molar-refractivity contribution in [3.63, 3.8) is 0 Å². The predicted octanol–water partition coefficient (Wildman–Crippen LogP) is 0.323. The first-order valence-electron chi connectivity index (χ1n) is 5.66. The number of amides is 1. The third-order valence-electron chi connectivity index (χ3n) is 3.03. The van der Waals surface area contributed by atoms with Crippen molar-refractivity contribution >= 4 is 5.91 Å². The highest BCUT2D eigenvalue weighted by Crippen LogP contribution is 2.25. The lowest BCUT2D eigenvalue weighted by molar-refractivity contribution is -0.136. The van der Waals surface area contributed by atoms with E-state index in [1.54, 1.807) is 0 Å². The van der Waals surface area contributed by atoms with Gasteiger partial charge in [0, 0.05) is 18.1 Å². The van der Waals surface area contributed by atoms with Crippen LogP contribution in [-0.2, 0) is 4.79 Å². The minimum Gasteiger partial charge on any atom is -0.353 e. The molecular formula is C11H23N3O. The molecule has 1 amide bonds. The Hall–Kier alpha value is -0.610. The summed E-state index contributed by atoms with van der Waals surface area (Å²) in [4.78, 5) is 14.1. The lowest BCUT2D eigenvalue weighted by Crippen LogP contribution is -2.67. The fraction of sp³-hybridized carbons (Fsp3) is 0.909. The zero-order chi connectivity index (χ0) is 11.6. The number of carbonyl (C=O) groups excluding carboxylic acids is 1. The van der Waals surface area contributed by atoms with E-state index in [0.717, 1.165) is 6.42 Å². The van der Waals surface area contributed by atoms with Crippen LogP contribution in [0.5, 0.6) is 0 Å². The summed E-state index contributed by atoms with van der Waals surface area (Å²) in [6, 6.07) is 0.293. The maximum absolute atomic E-state index is 11.8. The van der Waals surface area contributed by atoms with Gasteiger partial charge in [-0.05, 0) is 40.7 Å². The Bertz CT molecular complexity index is 238. The molecule has 0 aromatic rings. The minimum atomic E-state index is -0.0706. The van der Waals surface area contributed by atoms with Gasteiger partial charge in [-0.2, -0.15) is 0 Å². The first kappa shape index (κ1) is 12.5. The number of nitrogens with zero attached hydrogens (tertiary/aromatic N) is 1. The molecule has 1 atom stereocenters. The molecule has 1 rings (SSSR count). The summed E-state index contributed by atoms with van der Waals surface area (Å²) in [6.07, 6.45) is 0.730. The molecule has 88 valence electrons. The number of hydrogen-bond acceptors (Lipinski definition) is 3. The molecule has 1 heterocycles. The van der Waals surface area contributed by atoms with E-state index in [0.29, 0.717) is 19.1 Å². The van der Waals surface area contributed by atoms with Crippen LogP contribution in [0.4, 0.5) is 0 Å². The second-order valence-electron chi connectivity index (χ2n) is 5.12. The Morgan fingerprint density at radius 2 is 2.20 bits per heavy atom. The van der Waals surface area contributed by atoms with Crippen LogP contribution in [0.3, 0.4) is 0 Å². The van der Waals surface area contributed by atoms with Crippen LogP contribution in [0.25, 0.3) is 0 Å². The average molecular weight is 213 g/mol. The molecule has 0 aromatic carbocycles. The van der Waals surface area contributed by atoms with Crippen molar-refractivity contribution in [2.75, 3.05) is 13.1 Å². The molecule has 4 nitrogen and oxygen atoms in total. The monoisotopic (exact) mass is 213 g/mol. The van der Waals surface area contributed by atoms with Crippen molar-refractivity contribution in [2.24, 2.45) is 5.73 Å². The number of nitrogens with two attached hydrogens (primary N) is 1. The van der Waals surface area contributed by atoms with Crippen LogP contribution in [-0.4, -0.2) is 41.5 Å². The van der Waals surface area contributed by atoms with Crippen molar-refractivity contribution in [1.29, 1.82) is 0 Å². The van der Waals surface area contributed by atoms with Gasteiger partial charge in [-0.1, -0.05) is 0 Å². The topological polar surface area (TPSA) is 58.4 Å². The van der Waals surface area contributed by atoms with Gasteiger partial charge in [0.2, 0.25) is 5.91 Å². The van der Waals surface area contributed by atoms with Gasteiger partial charge in [0.25, 0.3) is 0 Å². The number of rotatable bonds is 3. The molecule has 1 unspecified atom stereocenters. The van der Waals surface area contributed by atoms with E-state index < -0.39 is 0 Å². The average Bonchev–Trinajstić information content (AvgIpc) is 2.11. The van der Waals surface area contributed by atoms with Crippen LogP contribution in [0.15, 0.2) is 0 Å². The molecule has 0 bridgehead atoms. The van der Waals surface area contributed by atoms with E-state index in [4.69, 9.17) is 5.73 Å². The van der Waals surface area contributed by atoms with Crippen molar-refractivity contribution < 1.29 is 4.79 Å². The second kappa shape index (κ2) is 4.49. The van der Waals surface area contributed by atoms with Crippen LogP contribution in [0.1, 0.15) is 34.1 Å². The first-order chi connectivity index (χ1) is 6.90. The maximum atomic E-state index is 11.8. The molecule has 0 aromatic heterocycles. The highest BCUT2D eigenvalue weighted by Gasteiger charge is 2.41. The summed E-state index contributed by atoms with van der Waals surface area (Å²) < 4.78 is 0. The summed E-state index contributed by atoms with van der Waals surface area (Å²) in [7, 11) is 0. The Balaban J connectivity index is 2.90. The fourth-order valence-electron chi connectivity index (χ4n) is 2.55. The molecule has 1 aliphatic heterocycles. The van der Waals surface area contributed by atoms with Gasteiger partial charge in [0.15, 0.2) is 0 Å². The second-order valence-corrected chi connectivity index (χ2v) is 5.12. The molecule has 3 N–H and O–H groups in total. The maximum Gasteiger partial charge on any atom is 0.237 e. The zero-order valence-corrected chi connectivity index (χ0v) is 10.2. The Morgan fingerprint density at radius 3 is 2.67 bits per heavy atom. The predicted molar refractivity (Wildman–Crippen MR) is 61.5 cm³/mol. The number of carbonyl (C=O) groups is 1. The highest BCUT2D eigenvalue weighted by molar-refractivity contribution is 5.82. The van der Waals surface area contributed by atoms with Crippen LogP contribution < -0.4 is 11.1 Å². The van der Waals surface area contributed by atoms with Crippen molar-refractivity contribution in [3.8, 4) is 0 Å². The van der Waals surface area contributed by atoms with Gasteiger partial charge < -0.3 is 11.1 Å². The Morgan fingerprint density at radius 1 is 1.60 bits per heavy atom. The van der Waals surface area contributed by atoms with E-state index in [-0.39, 0.29) is 17.5 Å². The van der Waals surface area contributed by atoms with E-state index in [1.165, 1.54) is 0 Å². The Labute approximate surface area is 92.2 Å². The van der Waals surface area contributed by atoms with Crippen LogP contribution in [0.2, 0.25) is 0 Å². The number of piperazine rings is 1. The first-order valence-corrected chi connectivity index (χ1v) is 5.66. The van der Waals surface area contributed by atoms with Gasteiger partial charge in [-0.3, -0.25) is 9.69 Å². The molecule has 15 heavy (non-hydrogen) atoms. The largest absolute Gasteiger partial charge is 0.353 e. The molecule has 4 heteroatoms. The van der Waals surface area contributed by atoms with E-state index in [9.17, 15) is 4.79 Å². The highest BCUT2D eigenvalue weighted by atomic mass is 16.2. The Kier molecular flexibility index (Phi) is 3.73. The quantitative estimate of drug-likeness (QED) is 0.710. The lowest BCUT2D eigenvalue weighted by Gasteiger charge is -2.49. The van der Waals surface area contributed by atoms with Gasteiger partial charge in [0.1, 0.15) is 0 Å². The summed E-state index contributed by atoms with van der Waals surface area (Å²) in [5.74, 6) is 0.119. The van der Waals surface area contributed by atoms with E-state index in [1.807, 2.05) is 0 Å². The van der Waals surface area contributed by atoms with Gasteiger partial charge in [-0.15, -0.1) is 0 Å². The van der Waals surface area contributed by atoms with E-state index >= 15 is 0 Å². The SMILES string of the molecule is CC(C)N1C(CCN)C(=O)NCC1(C)C. The number of nitrogens with one attached hydrogen (secondary N) is 1. The number of hydrogen-bond donors (Lipinski definition) is 2. The smallest absolute Gasteiger partial charge is 0.237 e. The molecule has 0 aliphatic carbocycles. The van der Waals surface area contributed by atoms with Gasteiger partial charge in [0.05, 0.1) is 6.04 Å². The van der Waals surface area contributed by atoms with Crippen molar-refractivity contribution in [1.82, 2.24) is 10.2 Å². The molecule has 1 aliphatic rings. The van der Waals surface area contributed by atoms with Crippen LogP contribution in [0, 0.1) is 0 Å². The normalized spacial score (nSPS) is 26.8. The van der Waals surface area contributed by atoms with Gasteiger partial charge in [-0.25, -0.2) is 0 Å². The van der Waals surface area contributed by atoms with Crippen LogP contribution >= 0.6 is 0 Å². The van der Waals surface area contributed by atoms with E-state index in [2.05, 4.69) is 37.9 Å². The third-order valence-corrected chi connectivity index (χ3v) is 3.03. The molecular weight excluding hydrogens is 190 g/mol. The molecule has 1 saturated heterocycles. The summed E-state index contributed by atoms with van der Waals surface area (Å²) in [5.41, 5.74) is 5.58. The molecule has 0 radical (unpaired) electrons. The summed E-state index contributed by atoms with van der Waals surface area (Å²) in [6.45, 7) is 9.85. The molecule has 1 fully saturated rings. The molecule has 0 saturated carbocycles. The third kappa shape index (κ3) is 2.49.